The van der Waals surface area contributed by atoms with Crippen molar-refractivity contribution in [2.24, 2.45) is 11.7 Å². The quantitative estimate of drug-likeness (QED) is 0.617. The molecular weight excluding hydrogens is 233 g/mol. The summed E-state index contributed by atoms with van der Waals surface area (Å²) in [4.78, 5) is 3.98. The van der Waals surface area contributed by atoms with Crippen LogP contribution >= 0.6 is 0 Å². The van der Waals surface area contributed by atoms with Crippen LogP contribution in [0, 0.1) is 11.3 Å². The maximum Gasteiger partial charge on any atom is 0.400 e. The highest BCUT2D eigenvalue weighted by atomic mass is 19.4. The lowest BCUT2D eigenvalue weighted by Gasteiger charge is -2.20. The van der Waals surface area contributed by atoms with Crippen LogP contribution in [-0.2, 0) is 13.0 Å². The molecule has 96 valence electrons. The number of rotatable bonds is 5. The molecule has 0 radical (unpaired) electrons. The Balaban J connectivity index is 2.87. The van der Waals surface area contributed by atoms with Gasteiger partial charge in [-0.25, -0.2) is 4.98 Å². The molecule has 1 aromatic rings. The molecule has 0 bridgehead atoms. The van der Waals surface area contributed by atoms with E-state index in [1.165, 1.54) is 17.0 Å². The van der Waals surface area contributed by atoms with E-state index in [4.69, 9.17) is 11.1 Å². The second kappa shape index (κ2) is 5.20. The van der Waals surface area contributed by atoms with Gasteiger partial charge < -0.3 is 10.3 Å². The molecule has 7 heteroatoms. The Kier molecular flexibility index (Phi) is 4.14. The van der Waals surface area contributed by atoms with Gasteiger partial charge >= 0.3 is 6.18 Å². The number of aromatic nitrogens is 2. The first kappa shape index (κ1) is 13.5. The molecule has 0 amide bonds. The van der Waals surface area contributed by atoms with Crippen LogP contribution in [-0.4, -0.2) is 21.6 Å². The molecule has 0 aliphatic carbocycles. The van der Waals surface area contributed by atoms with Gasteiger partial charge in [0.2, 0.25) is 0 Å². The van der Waals surface area contributed by atoms with Gasteiger partial charge in [-0.3, -0.25) is 5.41 Å². The van der Waals surface area contributed by atoms with Gasteiger partial charge in [-0.2, -0.15) is 13.2 Å². The van der Waals surface area contributed by atoms with Crippen LogP contribution in [0.5, 0.6) is 0 Å². The van der Waals surface area contributed by atoms with E-state index < -0.39 is 17.9 Å². The van der Waals surface area contributed by atoms with E-state index in [0.717, 1.165) is 6.42 Å². The number of nitrogens with two attached hydrogens (primary N) is 1. The summed E-state index contributed by atoms with van der Waals surface area (Å²) in [7, 11) is 0. The van der Waals surface area contributed by atoms with E-state index in [1.54, 1.807) is 0 Å². The van der Waals surface area contributed by atoms with Crippen LogP contribution < -0.4 is 5.73 Å². The Hall–Kier alpha value is -1.53. The van der Waals surface area contributed by atoms with Crippen molar-refractivity contribution < 1.29 is 13.2 Å². The second-order valence-electron chi connectivity index (χ2n) is 3.80. The van der Waals surface area contributed by atoms with E-state index in [9.17, 15) is 13.2 Å². The van der Waals surface area contributed by atoms with Gasteiger partial charge in [-0.1, -0.05) is 6.92 Å². The average molecular weight is 248 g/mol. The second-order valence-corrected chi connectivity index (χ2v) is 3.80. The average Bonchev–Trinajstić information content (AvgIpc) is 2.60. The van der Waals surface area contributed by atoms with Gasteiger partial charge in [0.15, 0.2) is 0 Å². The van der Waals surface area contributed by atoms with Gasteiger partial charge in [0.25, 0.3) is 0 Å². The molecule has 1 rings (SSSR count). The van der Waals surface area contributed by atoms with Crippen LogP contribution in [0.2, 0.25) is 0 Å². The SMILES string of the molecule is CCCc1nccn1CC(C(=N)N)C(F)(F)F. The molecule has 0 aliphatic rings. The van der Waals surface area contributed by atoms with E-state index in [0.29, 0.717) is 12.2 Å². The highest BCUT2D eigenvalue weighted by molar-refractivity contribution is 5.80. The van der Waals surface area contributed by atoms with Crippen LogP contribution in [0.3, 0.4) is 0 Å². The van der Waals surface area contributed by atoms with Gasteiger partial charge in [0.05, 0.1) is 0 Å². The number of amidine groups is 1. The molecule has 0 spiro atoms. The van der Waals surface area contributed by atoms with Crippen molar-refractivity contribution in [3.05, 3.63) is 18.2 Å². The maximum atomic E-state index is 12.6. The summed E-state index contributed by atoms with van der Waals surface area (Å²) in [5, 5.41) is 7.01. The number of hydrogen-bond donors (Lipinski definition) is 2. The fraction of sp³-hybridized carbons (Fsp3) is 0.600. The third kappa shape index (κ3) is 3.47. The first-order chi connectivity index (χ1) is 7.86. The smallest absolute Gasteiger partial charge is 0.387 e. The normalized spacial score (nSPS) is 13.6. The van der Waals surface area contributed by atoms with E-state index in [2.05, 4.69) is 4.98 Å². The summed E-state index contributed by atoms with van der Waals surface area (Å²) in [6.45, 7) is 1.54. The minimum atomic E-state index is -4.50. The Morgan fingerprint density at radius 3 is 2.71 bits per heavy atom. The Morgan fingerprint density at radius 2 is 2.24 bits per heavy atom. The van der Waals surface area contributed by atoms with Crippen molar-refractivity contribution in [1.29, 1.82) is 5.41 Å². The summed E-state index contributed by atoms with van der Waals surface area (Å²) < 4.78 is 39.3. The summed E-state index contributed by atoms with van der Waals surface area (Å²) in [6.07, 6.45) is -0.159. The molecule has 1 atom stereocenters. The minimum absolute atomic E-state index is 0.381. The maximum absolute atomic E-state index is 12.6. The molecule has 17 heavy (non-hydrogen) atoms. The summed E-state index contributed by atoms with van der Waals surface area (Å²) in [5.74, 6) is -2.23. The molecule has 1 unspecified atom stereocenters. The molecule has 1 aromatic heterocycles. The predicted octanol–water partition coefficient (Wildman–Crippen LogP) is 1.95. The number of halogens is 3. The molecular formula is C10H15F3N4. The highest BCUT2D eigenvalue weighted by Gasteiger charge is 2.42. The van der Waals surface area contributed by atoms with E-state index >= 15 is 0 Å². The lowest BCUT2D eigenvalue weighted by molar-refractivity contribution is -0.158. The van der Waals surface area contributed by atoms with Crippen molar-refractivity contribution in [2.45, 2.75) is 32.5 Å². The zero-order valence-electron chi connectivity index (χ0n) is 9.46. The number of hydrogen-bond acceptors (Lipinski definition) is 2. The Labute approximate surface area is 97.1 Å². The van der Waals surface area contributed by atoms with Crippen molar-refractivity contribution in [3.8, 4) is 0 Å². The van der Waals surface area contributed by atoms with Crippen molar-refractivity contribution in [2.75, 3.05) is 0 Å². The van der Waals surface area contributed by atoms with Crippen molar-refractivity contribution in [3.63, 3.8) is 0 Å². The number of imidazole rings is 1. The molecule has 0 fully saturated rings. The first-order valence-electron chi connectivity index (χ1n) is 5.27. The Bertz CT molecular complexity index is 383. The van der Waals surface area contributed by atoms with Crippen LogP contribution in [0.25, 0.3) is 0 Å². The van der Waals surface area contributed by atoms with E-state index in [1.807, 2.05) is 6.92 Å². The topological polar surface area (TPSA) is 67.7 Å². The lowest BCUT2D eigenvalue weighted by Crippen LogP contribution is -2.38. The number of aryl methyl sites for hydroxylation is 1. The lowest BCUT2D eigenvalue weighted by atomic mass is 10.1. The number of nitrogens with zero attached hydrogens (tertiary/aromatic N) is 2. The largest absolute Gasteiger partial charge is 0.400 e. The zero-order chi connectivity index (χ0) is 13.1. The van der Waals surface area contributed by atoms with Gasteiger partial charge in [-0.05, 0) is 6.42 Å². The molecule has 3 N–H and O–H groups in total. The molecule has 0 saturated heterocycles. The summed E-state index contributed by atoms with van der Waals surface area (Å²) in [5.41, 5.74) is 4.99. The van der Waals surface area contributed by atoms with E-state index in [-0.39, 0.29) is 6.54 Å². The molecule has 0 aromatic carbocycles. The first-order valence-corrected chi connectivity index (χ1v) is 5.27. The van der Waals surface area contributed by atoms with Crippen molar-refractivity contribution in [1.82, 2.24) is 9.55 Å². The monoisotopic (exact) mass is 248 g/mol. The molecule has 0 aliphatic heterocycles. The van der Waals surface area contributed by atoms with Gasteiger partial charge in [0, 0.05) is 25.4 Å². The molecule has 0 saturated carbocycles. The fourth-order valence-electron chi connectivity index (χ4n) is 1.53. The standard InChI is InChI=1S/C10H15F3N4/c1-2-3-8-16-4-5-17(8)6-7(9(14)15)10(11,12)13/h4-5,7H,2-3,6H2,1H3,(H3,14,15). The van der Waals surface area contributed by atoms with Crippen LogP contribution in [0.15, 0.2) is 12.4 Å². The summed E-state index contributed by atoms with van der Waals surface area (Å²) >= 11 is 0. The molecule has 1 heterocycles. The minimum Gasteiger partial charge on any atom is -0.387 e. The Morgan fingerprint density at radius 1 is 1.59 bits per heavy atom. The van der Waals surface area contributed by atoms with Gasteiger partial charge in [-0.15, -0.1) is 0 Å². The van der Waals surface area contributed by atoms with Gasteiger partial charge in [0.1, 0.15) is 17.6 Å². The number of nitrogens with one attached hydrogen (secondary N) is 1. The van der Waals surface area contributed by atoms with Crippen molar-refractivity contribution >= 4 is 5.84 Å². The third-order valence-electron chi connectivity index (χ3n) is 2.43. The van der Waals surface area contributed by atoms with Crippen LogP contribution in [0.4, 0.5) is 13.2 Å². The number of alkyl halides is 3. The highest BCUT2D eigenvalue weighted by Crippen LogP contribution is 2.27. The summed E-state index contributed by atoms with van der Waals surface area (Å²) in [6, 6.07) is 0. The van der Waals surface area contributed by atoms with Crippen LogP contribution in [0.1, 0.15) is 19.2 Å². The zero-order valence-corrected chi connectivity index (χ0v) is 9.46. The molecule has 4 nitrogen and oxygen atoms in total. The third-order valence-corrected chi connectivity index (χ3v) is 2.43. The predicted molar refractivity (Wildman–Crippen MR) is 57.7 cm³/mol. The fourth-order valence-corrected chi connectivity index (χ4v) is 1.53.